The van der Waals surface area contributed by atoms with E-state index < -0.39 is 0 Å². The highest BCUT2D eigenvalue weighted by Gasteiger charge is 2.09. The minimum atomic E-state index is 0.638. The third kappa shape index (κ3) is 6.95. The van der Waals surface area contributed by atoms with Crippen LogP contribution in [0.5, 0.6) is 23.0 Å². The van der Waals surface area contributed by atoms with Crippen LogP contribution in [-0.4, -0.2) is 29.9 Å². The molecule has 0 bridgehead atoms. The molecular weight excluding hydrogens is 621 g/mol. The summed E-state index contributed by atoms with van der Waals surface area (Å²) in [6, 6.07) is 31.9. The summed E-state index contributed by atoms with van der Waals surface area (Å²) in [7, 11) is 0. The first-order valence-corrected chi connectivity index (χ1v) is 15.9. The number of benzene rings is 2. The second kappa shape index (κ2) is 14.0. The van der Waals surface area contributed by atoms with Crippen molar-refractivity contribution in [1.82, 2.24) is 29.9 Å². The third-order valence-electron chi connectivity index (χ3n) is 8.07. The maximum absolute atomic E-state index is 6.18. The average Bonchev–Trinajstić information content (AvgIpc) is 3.20. The monoisotopic (exact) mass is 648 g/mol. The van der Waals surface area contributed by atoms with Crippen molar-refractivity contribution in [3.8, 4) is 78.6 Å². The van der Waals surface area contributed by atoms with Crippen LogP contribution in [0.2, 0.25) is 0 Å². The van der Waals surface area contributed by atoms with E-state index in [0.29, 0.717) is 23.0 Å². The lowest BCUT2D eigenvalue weighted by atomic mass is 10.0. The van der Waals surface area contributed by atoms with Crippen molar-refractivity contribution < 1.29 is 9.47 Å². The SMILES string of the molecule is c1cncc(-c2cncc(-c3cncc(Oc4ccc(-c5ccc(Oc6cncc(-c7cncc(-c8cccnc8)c7)c6)cc5)cc4)c3)c2)c1. The summed E-state index contributed by atoms with van der Waals surface area (Å²) in [6.45, 7) is 0. The molecule has 8 aromatic rings. The molecule has 6 heterocycles. The van der Waals surface area contributed by atoms with Gasteiger partial charge in [0.05, 0.1) is 12.4 Å². The first-order valence-electron chi connectivity index (χ1n) is 15.9. The molecule has 6 aromatic heterocycles. The molecule has 0 N–H and O–H groups in total. The first kappa shape index (κ1) is 30.3. The zero-order valence-electron chi connectivity index (χ0n) is 26.7. The van der Waals surface area contributed by atoms with Crippen molar-refractivity contribution in [2.24, 2.45) is 0 Å². The van der Waals surface area contributed by atoms with Crippen molar-refractivity contribution in [2.75, 3.05) is 0 Å². The highest BCUT2D eigenvalue weighted by atomic mass is 16.5. The first-order chi connectivity index (χ1) is 24.7. The zero-order valence-corrected chi connectivity index (χ0v) is 26.7. The Morgan fingerprint density at radius 1 is 0.260 bits per heavy atom. The minimum Gasteiger partial charge on any atom is -0.456 e. The maximum Gasteiger partial charge on any atom is 0.146 e. The van der Waals surface area contributed by atoms with E-state index in [0.717, 1.165) is 55.6 Å². The molecule has 0 spiro atoms. The molecule has 50 heavy (non-hydrogen) atoms. The minimum absolute atomic E-state index is 0.638. The smallest absolute Gasteiger partial charge is 0.146 e. The fourth-order valence-corrected chi connectivity index (χ4v) is 5.55. The van der Waals surface area contributed by atoms with Gasteiger partial charge >= 0.3 is 0 Å². The molecule has 8 heteroatoms. The Morgan fingerprint density at radius 2 is 0.600 bits per heavy atom. The van der Waals surface area contributed by atoms with Gasteiger partial charge in [-0.3, -0.25) is 29.9 Å². The largest absolute Gasteiger partial charge is 0.456 e. The lowest BCUT2D eigenvalue weighted by molar-refractivity contribution is 0.480. The van der Waals surface area contributed by atoms with Crippen LogP contribution in [0.15, 0.2) is 171 Å². The van der Waals surface area contributed by atoms with Gasteiger partial charge in [0.15, 0.2) is 0 Å². The molecule has 0 radical (unpaired) electrons. The van der Waals surface area contributed by atoms with E-state index >= 15 is 0 Å². The number of aromatic nitrogens is 6. The zero-order chi connectivity index (χ0) is 33.5. The van der Waals surface area contributed by atoms with Crippen LogP contribution in [0.1, 0.15) is 0 Å². The number of pyridine rings is 6. The quantitative estimate of drug-likeness (QED) is 0.153. The summed E-state index contributed by atoms with van der Waals surface area (Å²) >= 11 is 0. The van der Waals surface area contributed by atoms with Gasteiger partial charge < -0.3 is 9.47 Å². The van der Waals surface area contributed by atoms with E-state index in [2.05, 4.69) is 42.0 Å². The number of rotatable bonds is 9. The van der Waals surface area contributed by atoms with Gasteiger partial charge in [0, 0.05) is 106 Å². The summed E-state index contributed by atoms with van der Waals surface area (Å²) in [6.07, 6.45) is 21.5. The molecule has 0 aliphatic heterocycles. The highest BCUT2D eigenvalue weighted by molar-refractivity contribution is 5.73. The van der Waals surface area contributed by atoms with E-state index in [1.165, 1.54) is 0 Å². The second-order valence-corrected chi connectivity index (χ2v) is 11.5. The normalized spacial score (nSPS) is 10.8. The van der Waals surface area contributed by atoms with Gasteiger partial charge in [-0.2, -0.15) is 0 Å². The molecule has 0 aliphatic rings. The fourth-order valence-electron chi connectivity index (χ4n) is 5.55. The highest BCUT2D eigenvalue weighted by Crippen LogP contribution is 2.32. The molecule has 8 rings (SSSR count). The summed E-state index contributed by atoms with van der Waals surface area (Å²) in [5.74, 6) is 2.70. The number of ether oxygens (including phenoxy) is 2. The van der Waals surface area contributed by atoms with Crippen LogP contribution in [-0.2, 0) is 0 Å². The van der Waals surface area contributed by atoms with Crippen molar-refractivity contribution in [1.29, 1.82) is 0 Å². The van der Waals surface area contributed by atoms with Crippen LogP contribution < -0.4 is 9.47 Å². The van der Waals surface area contributed by atoms with E-state index in [4.69, 9.17) is 9.47 Å². The average molecular weight is 649 g/mol. The van der Waals surface area contributed by atoms with Crippen LogP contribution in [0.3, 0.4) is 0 Å². The molecule has 0 unspecified atom stereocenters. The van der Waals surface area contributed by atoms with Gasteiger partial charge in [0.25, 0.3) is 0 Å². The van der Waals surface area contributed by atoms with Crippen molar-refractivity contribution >= 4 is 0 Å². The Balaban J connectivity index is 0.926. The van der Waals surface area contributed by atoms with Crippen LogP contribution in [0.4, 0.5) is 0 Å². The number of hydrogen-bond acceptors (Lipinski definition) is 8. The number of hydrogen-bond donors (Lipinski definition) is 0. The Kier molecular flexibility index (Phi) is 8.46. The van der Waals surface area contributed by atoms with Gasteiger partial charge in [0.1, 0.15) is 23.0 Å². The standard InChI is InChI=1S/C42H28N6O2/c1-3-31(19-43-13-1)33-15-35(23-45-21-33)37-17-41(27-47-25-37)49-39-9-5-29(6-10-39)30-7-11-40(12-8-30)50-42-18-38(26-48-28-42)36-16-34(22-46-24-36)32-4-2-14-44-20-32/h1-28H. The molecule has 2 aromatic carbocycles. The van der Waals surface area contributed by atoms with Gasteiger partial charge in [-0.05, 0) is 71.8 Å². The summed E-state index contributed by atoms with van der Waals surface area (Å²) in [5.41, 5.74) is 9.80. The predicted molar refractivity (Wildman–Crippen MR) is 193 cm³/mol. The Hall–Kier alpha value is -7.06. The summed E-state index contributed by atoms with van der Waals surface area (Å²) in [5, 5.41) is 0. The van der Waals surface area contributed by atoms with Gasteiger partial charge in [-0.15, -0.1) is 0 Å². The van der Waals surface area contributed by atoms with Gasteiger partial charge in [-0.25, -0.2) is 0 Å². The van der Waals surface area contributed by atoms with E-state index in [-0.39, 0.29) is 0 Å². The molecule has 0 amide bonds. The third-order valence-corrected chi connectivity index (χ3v) is 8.07. The van der Waals surface area contributed by atoms with E-state index in [1.807, 2.05) is 122 Å². The van der Waals surface area contributed by atoms with Crippen molar-refractivity contribution in [2.45, 2.75) is 0 Å². The van der Waals surface area contributed by atoms with Crippen molar-refractivity contribution in [3.63, 3.8) is 0 Å². The summed E-state index contributed by atoms with van der Waals surface area (Å²) in [4.78, 5) is 26.1. The molecule has 8 nitrogen and oxygen atoms in total. The van der Waals surface area contributed by atoms with Crippen LogP contribution in [0, 0.1) is 0 Å². The summed E-state index contributed by atoms with van der Waals surface area (Å²) < 4.78 is 12.4. The second-order valence-electron chi connectivity index (χ2n) is 11.5. The van der Waals surface area contributed by atoms with Gasteiger partial charge in [-0.1, -0.05) is 36.4 Å². The molecule has 0 fully saturated rings. The molecule has 0 saturated heterocycles. The lowest BCUT2D eigenvalue weighted by Crippen LogP contribution is -1.90. The van der Waals surface area contributed by atoms with E-state index in [1.54, 1.807) is 37.2 Å². The molecule has 0 aliphatic carbocycles. The molecule has 0 saturated carbocycles. The van der Waals surface area contributed by atoms with Crippen LogP contribution in [0.25, 0.3) is 55.6 Å². The topological polar surface area (TPSA) is 95.8 Å². The molecular formula is C42H28N6O2. The van der Waals surface area contributed by atoms with Crippen LogP contribution >= 0.6 is 0 Å². The van der Waals surface area contributed by atoms with E-state index in [9.17, 15) is 0 Å². The fraction of sp³-hybridized carbons (Fsp3) is 0. The number of nitrogens with zero attached hydrogens (tertiary/aromatic N) is 6. The maximum atomic E-state index is 6.18. The predicted octanol–water partition coefficient (Wildman–Crippen LogP) is 9.98. The Labute approximate surface area is 288 Å². The Bertz CT molecular complexity index is 2200. The molecule has 0 atom stereocenters. The van der Waals surface area contributed by atoms with Crippen molar-refractivity contribution in [3.05, 3.63) is 171 Å². The lowest BCUT2D eigenvalue weighted by Gasteiger charge is -2.10. The Morgan fingerprint density at radius 3 is 0.980 bits per heavy atom. The van der Waals surface area contributed by atoms with Gasteiger partial charge in [0.2, 0.25) is 0 Å². The molecule has 238 valence electrons.